The molecule has 1 atom stereocenters. The lowest BCUT2D eigenvalue weighted by Crippen LogP contribution is -2.16. The van der Waals surface area contributed by atoms with Crippen LogP contribution < -0.4 is 0 Å². The van der Waals surface area contributed by atoms with E-state index in [1.165, 1.54) is 12.4 Å². The Morgan fingerprint density at radius 3 is 2.86 bits per heavy atom. The Balaban J connectivity index is 2.22. The number of hydrogen-bond acceptors (Lipinski definition) is 3. The van der Waals surface area contributed by atoms with Crippen LogP contribution in [-0.4, -0.2) is 15.8 Å². The van der Waals surface area contributed by atoms with E-state index in [0.29, 0.717) is 18.5 Å². The molecule has 1 saturated carbocycles. The summed E-state index contributed by atoms with van der Waals surface area (Å²) in [7, 11) is 0. The molecule has 0 saturated heterocycles. The van der Waals surface area contributed by atoms with Crippen molar-refractivity contribution in [3.05, 3.63) is 24.0 Å². The smallest absolute Gasteiger partial charge is 0.234 e. The van der Waals surface area contributed by atoms with Crippen molar-refractivity contribution >= 4 is 5.78 Å². The topological polar surface area (TPSA) is 42.9 Å². The van der Waals surface area contributed by atoms with Crippen LogP contribution >= 0.6 is 0 Å². The highest BCUT2D eigenvalue weighted by atomic mass is 19.1. The third-order valence-electron chi connectivity index (χ3n) is 2.55. The molecular weight excluding hydrogens is 183 g/mol. The first kappa shape index (κ1) is 9.24. The van der Waals surface area contributed by atoms with Crippen LogP contribution in [0.15, 0.2) is 12.4 Å². The summed E-state index contributed by atoms with van der Waals surface area (Å²) in [6.07, 6.45) is 5.50. The summed E-state index contributed by atoms with van der Waals surface area (Å²) in [6.45, 7) is 0. The van der Waals surface area contributed by atoms with E-state index in [0.717, 1.165) is 12.8 Å². The number of rotatable bonds is 1. The lowest BCUT2D eigenvalue weighted by atomic mass is 9.86. The SMILES string of the molecule is O=C1CCCC(c2nccnc2F)C1. The van der Waals surface area contributed by atoms with E-state index in [1.54, 1.807) is 0 Å². The summed E-state index contributed by atoms with van der Waals surface area (Å²) in [5.74, 6) is -0.400. The molecule has 1 aliphatic rings. The zero-order valence-corrected chi connectivity index (χ0v) is 7.74. The summed E-state index contributed by atoms with van der Waals surface area (Å²) < 4.78 is 13.2. The fourth-order valence-corrected chi connectivity index (χ4v) is 1.86. The molecule has 0 N–H and O–H groups in total. The third-order valence-corrected chi connectivity index (χ3v) is 2.55. The number of carbonyl (C=O) groups is 1. The Bertz CT molecular complexity index is 354. The van der Waals surface area contributed by atoms with E-state index in [-0.39, 0.29) is 11.7 Å². The number of carbonyl (C=O) groups excluding carboxylic acids is 1. The molecule has 0 aromatic carbocycles. The molecule has 1 unspecified atom stereocenters. The molecule has 1 aromatic rings. The first-order chi connectivity index (χ1) is 6.77. The number of aromatic nitrogens is 2. The van der Waals surface area contributed by atoms with Crippen molar-refractivity contribution in [2.45, 2.75) is 31.6 Å². The third kappa shape index (κ3) is 1.78. The van der Waals surface area contributed by atoms with Gasteiger partial charge in [0.2, 0.25) is 5.95 Å². The van der Waals surface area contributed by atoms with Gasteiger partial charge in [-0.2, -0.15) is 4.39 Å². The minimum Gasteiger partial charge on any atom is -0.300 e. The molecule has 2 rings (SSSR count). The lowest BCUT2D eigenvalue weighted by Gasteiger charge is -2.19. The van der Waals surface area contributed by atoms with Crippen LogP contribution in [0.5, 0.6) is 0 Å². The van der Waals surface area contributed by atoms with Crippen molar-refractivity contribution in [2.75, 3.05) is 0 Å². The monoisotopic (exact) mass is 194 g/mol. The van der Waals surface area contributed by atoms with Crippen LogP contribution in [-0.2, 0) is 4.79 Å². The van der Waals surface area contributed by atoms with Gasteiger partial charge in [-0.25, -0.2) is 4.98 Å². The highest BCUT2D eigenvalue weighted by molar-refractivity contribution is 5.79. The molecule has 14 heavy (non-hydrogen) atoms. The van der Waals surface area contributed by atoms with Crippen molar-refractivity contribution in [3.63, 3.8) is 0 Å². The molecule has 1 heterocycles. The molecule has 74 valence electrons. The quantitative estimate of drug-likeness (QED) is 0.685. The summed E-state index contributed by atoms with van der Waals surface area (Å²) in [6, 6.07) is 0. The van der Waals surface area contributed by atoms with Crippen molar-refractivity contribution in [3.8, 4) is 0 Å². The second kappa shape index (κ2) is 3.82. The predicted molar refractivity (Wildman–Crippen MR) is 48.2 cm³/mol. The Morgan fingerprint density at radius 1 is 1.36 bits per heavy atom. The Morgan fingerprint density at radius 2 is 2.14 bits per heavy atom. The molecule has 0 aliphatic heterocycles. The van der Waals surface area contributed by atoms with Gasteiger partial charge in [0.05, 0.1) is 5.69 Å². The van der Waals surface area contributed by atoms with Gasteiger partial charge in [-0.1, -0.05) is 0 Å². The maximum absolute atomic E-state index is 13.2. The molecule has 0 amide bonds. The average Bonchev–Trinajstić information content (AvgIpc) is 2.18. The van der Waals surface area contributed by atoms with Crippen LogP contribution in [0.2, 0.25) is 0 Å². The molecule has 0 bridgehead atoms. The standard InChI is InChI=1S/C10H11FN2O/c11-10-9(12-4-5-13-10)7-2-1-3-8(14)6-7/h4-5,7H,1-3,6H2. The predicted octanol–water partition coefficient (Wildman–Crippen LogP) is 1.84. The van der Waals surface area contributed by atoms with Gasteiger partial charge < -0.3 is 0 Å². The second-order valence-corrected chi connectivity index (χ2v) is 3.56. The fourth-order valence-electron chi connectivity index (χ4n) is 1.86. The zero-order chi connectivity index (χ0) is 9.97. The van der Waals surface area contributed by atoms with E-state index in [1.807, 2.05) is 0 Å². The highest BCUT2D eigenvalue weighted by Gasteiger charge is 2.24. The van der Waals surface area contributed by atoms with Crippen LogP contribution in [0.3, 0.4) is 0 Å². The number of Topliss-reactive ketones (excluding diaryl/α,β-unsaturated/α-hetero) is 1. The van der Waals surface area contributed by atoms with Gasteiger partial charge in [-0.15, -0.1) is 0 Å². The fraction of sp³-hybridized carbons (Fsp3) is 0.500. The first-order valence-electron chi connectivity index (χ1n) is 4.75. The van der Waals surface area contributed by atoms with Crippen LogP contribution in [0.1, 0.15) is 37.3 Å². The van der Waals surface area contributed by atoms with Gasteiger partial charge in [0.25, 0.3) is 0 Å². The molecule has 1 aliphatic carbocycles. The van der Waals surface area contributed by atoms with E-state index < -0.39 is 5.95 Å². The first-order valence-corrected chi connectivity index (χ1v) is 4.75. The van der Waals surface area contributed by atoms with Gasteiger partial charge in [-0.3, -0.25) is 9.78 Å². The van der Waals surface area contributed by atoms with E-state index in [4.69, 9.17) is 0 Å². The van der Waals surface area contributed by atoms with Gasteiger partial charge in [0.1, 0.15) is 5.78 Å². The van der Waals surface area contributed by atoms with E-state index in [2.05, 4.69) is 9.97 Å². The summed E-state index contributed by atoms with van der Waals surface area (Å²) in [4.78, 5) is 18.7. The maximum Gasteiger partial charge on any atom is 0.234 e. The van der Waals surface area contributed by atoms with Crippen molar-refractivity contribution in [2.24, 2.45) is 0 Å². The second-order valence-electron chi connectivity index (χ2n) is 3.56. The summed E-state index contributed by atoms with van der Waals surface area (Å²) in [5.41, 5.74) is 0.348. The molecule has 1 aromatic heterocycles. The minimum atomic E-state index is -0.535. The van der Waals surface area contributed by atoms with Crippen LogP contribution in [0, 0.1) is 5.95 Å². The van der Waals surface area contributed by atoms with Gasteiger partial charge in [0, 0.05) is 31.2 Å². The van der Waals surface area contributed by atoms with Crippen LogP contribution in [0.4, 0.5) is 4.39 Å². The summed E-state index contributed by atoms with van der Waals surface area (Å²) in [5, 5.41) is 0. The number of nitrogens with zero attached hydrogens (tertiary/aromatic N) is 2. The molecule has 0 radical (unpaired) electrons. The number of ketones is 1. The van der Waals surface area contributed by atoms with Crippen molar-refractivity contribution < 1.29 is 9.18 Å². The van der Waals surface area contributed by atoms with Crippen LogP contribution in [0.25, 0.3) is 0 Å². The minimum absolute atomic E-state index is 0.0649. The van der Waals surface area contributed by atoms with Crippen molar-refractivity contribution in [1.82, 2.24) is 9.97 Å². The zero-order valence-electron chi connectivity index (χ0n) is 7.74. The Labute approximate surface area is 81.4 Å². The Kier molecular flexibility index (Phi) is 2.52. The average molecular weight is 194 g/mol. The maximum atomic E-state index is 13.2. The normalized spacial score (nSPS) is 22.4. The molecule has 0 spiro atoms. The summed E-state index contributed by atoms with van der Waals surface area (Å²) >= 11 is 0. The van der Waals surface area contributed by atoms with Gasteiger partial charge >= 0.3 is 0 Å². The van der Waals surface area contributed by atoms with Gasteiger partial charge in [-0.05, 0) is 12.8 Å². The van der Waals surface area contributed by atoms with Crippen molar-refractivity contribution in [1.29, 1.82) is 0 Å². The number of hydrogen-bond donors (Lipinski definition) is 0. The molecule has 4 heteroatoms. The largest absolute Gasteiger partial charge is 0.300 e. The van der Waals surface area contributed by atoms with E-state index >= 15 is 0 Å². The number of halogens is 1. The highest BCUT2D eigenvalue weighted by Crippen LogP contribution is 2.30. The lowest BCUT2D eigenvalue weighted by molar-refractivity contribution is -0.120. The molecular formula is C10H11FN2O. The molecule has 1 fully saturated rings. The van der Waals surface area contributed by atoms with Gasteiger partial charge in [0.15, 0.2) is 0 Å². The molecule has 3 nitrogen and oxygen atoms in total. The van der Waals surface area contributed by atoms with E-state index in [9.17, 15) is 9.18 Å². The Hall–Kier alpha value is -1.32.